The van der Waals surface area contributed by atoms with Gasteiger partial charge in [0.2, 0.25) is 51.4 Å². The van der Waals surface area contributed by atoms with Crippen LogP contribution in [0.25, 0.3) is 54.8 Å². The number of sulfonamides is 1. The number of ether oxygens (including phenoxy) is 1. The highest BCUT2D eigenvalue weighted by atomic mass is 32.2. The fourth-order valence-electron chi connectivity index (χ4n) is 13.3. The van der Waals surface area contributed by atoms with Crippen LogP contribution in [0, 0.1) is 29.4 Å². The molecule has 0 unspecified atom stereocenters. The van der Waals surface area contributed by atoms with Crippen molar-refractivity contribution < 1.29 is 68.7 Å². The van der Waals surface area contributed by atoms with Gasteiger partial charge in [0.15, 0.2) is 11.5 Å². The van der Waals surface area contributed by atoms with Crippen LogP contribution in [-0.4, -0.2) is 189 Å². The maximum Gasteiger partial charge on any atom is 0.435 e. The Morgan fingerprint density at radius 3 is 2.04 bits per heavy atom. The molecule has 516 valence electrons. The maximum absolute atomic E-state index is 16.2. The van der Waals surface area contributed by atoms with Gasteiger partial charge in [0.1, 0.15) is 18.9 Å². The van der Waals surface area contributed by atoms with Crippen molar-refractivity contribution in [3.05, 3.63) is 89.3 Å². The predicted molar refractivity (Wildman–Crippen MR) is 348 cm³/mol. The molecule has 5 amide bonds. The van der Waals surface area contributed by atoms with Gasteiger partial charge in [-0.3, -0.25) is 43.0 Å². The molecule has 97 heavy (non-hydrogen) atoms. The van der Waals surface area contributed by atoms with Crippen LogP contribution in [0.2, 0.25) is 0 Å². The van der Waals surface area contributed by atoms with E-state index in [4.69, 9.17) is 10.7 Å². The summed E-state index contributed by atoms with van der Waals surface area (Å²) in [6.07, 6.45) is 2.96. The van der Waals surface area contributed by atoms with E-state index in [2.05, 4.69) is 45.2 Å². The molecule has 0 aliphatic carbocycles. The Kier molecular flexibility index (Phi) is 21.3. The van der Waals surface area contributed by atoms with E-state index in [9.17, 15) is 55.2 Å². The number of carbonyl (C=O) groups excluding carboxylic acids is 7. The number of piperidine rings is 4. The van der Waals surface area contributed by atoms with E-state index >= 15 is 8.78 Å². The SMILES string of the molecule is CCCS(=O)(=O)Nc1cccc(-c2nc(C3CCN(C(=O)C4CCN(C(=O)C5CCN(CC6CCN(C(=O)CCC(=O)n7ncc8cc(F)c(-c9cccc%10c9c(C(F)(F)F)nn%10CC(=O)NCC(=O)NCC(=O)OC)cc87)CC6)CC5)CC4)CC3)sc2-c2ccnc(N)n2)c1F. The van der Waals surface area contributed by atoms with Crippen LogP contribution < -0.4 is 21.1 Å². The van der Waals surface area contributed by atoms with Gasteiger partial charge in [0, 0.05) is 105 Å². The molecule has 3 aromatic carbocycles. The topological polar surface area (TPSA) is 312 Å². The summed E-state index contributed by atoms with van der Waals surface area (Å²) in [5, 5.41) is 12.7. The molecule has 0 bridgehead atoms. The van der Waals surface area contributed by atoms with E-state index in [1.165, 1.54) is 54.1 Å². The molecule has 4 fully saturated rings. The minimum atomic E-state index is -5.07. The number of hydrogen-bond donors (Lipinski definition) is 4. The summed E-state index contributed by atoms with van der Waals surface area (Å²) in [6.45, 7) is 5.22. The zero-order valence-corrected chi connectivity index (χ0v) is 55.0. The summed E-state index contributed by atoms with van der Waals surface area (Å²) < 4.78 is 110. The number of thiazole rings is 1. The van der Waals surface area contributed by atoms with Crippen LogP contribution in [0.1, 0.15) is 99.0 Å². The highest BCUT2D eigenvalue weighted by Crippen LogP contribution is 2.44. The second kappa shape index (κ2) is 29.8. The molecule has 8 heterocycles. The number of nitrogens with two attached hydrogens (primary N) is 1. The smallest absolute Gasteiger partial charge is 0.435 e. The largest absolute Gasteiger partial charge is 0.468 e. The molecule has 4 saturated heterocycles. The van der Waals surface area contributed by atoms with Gasteiger partial charge < -0.3 is 40.7 Å². The molecule has 4 aromatic heterocycles. The molecule has 0 saturated carbocycles. The lowest BCUT2D eigenvalue weighted by atomic mass is 9.89. The molecule has 25 nitrogen and oxygen atoms in total. The number of halogens is 5. The van der Waals surface area contributed by atoms with Crippen LogP contribution in [0.5, 0.6) is 0 Å². The van der Waals surface area contributed by atoms with E-state index in [0.717, 1.165) is 60.0 Å². The summed E-state index contributed by atoms with van der Waals surface area (Å²) in [7, 11) is -2.67. The zero-order chi connectivity index (χ0) is 68.9. The third-order valence-corrected chi connectivity index (χ3v) is 21.2. The number of benzene rings is 3. The van der Waals surface area contributed by atoms with E-state index in [-0.39, 0.29) is 98.8 Å². The van der Waals surface area contributed by atoms with E-state index in [0.29, 0.717) is 106 Å². The average Bonchev–Trinajstić information content (AvgIpc) is 1.62. The number of aromatic nitrogens is 7. The number of esters is 1. The van der Waals surface area contributed by atoms with Gasteiger partial charge in [-0.25, -0.2) is 36.8 Å². The van der Waals surface area contributed by atoms with Crippen molar-refractivity contribution in [3.8, 4) is 33.0 Å². The first-order valence-corrected chi connectivity index (χ1v) is 34.8. The minimum absolute atomic E-state index is 0.0295. The van der Waals surface area contributed by atoms with Crippen molar-refractivity contribution in [2.45, 2.75) is 96.2 Å². The molecule has 11 rings (SSSR count). The molecule has 4 aliphatic rings. The molecule has 7 aromatic rings. The van der Waals surface area contributed by atoms with Crippen molar-refractivity contribution >= 4 is 96.2 Å². The average molecular weight is 1380 g/mol. The van der Waals surface area contributed by atoms with Crippen LogP contribution in [-0.2, 0) is 56.2 Å². The predicted octanol–water partition coefficient (Wildman–Crippen LogP) is 7.09. The van der Waals surface area contributed by atoms with Crippen molar-refractivity contribution in [2.75, 3.05) is 95.3 Å². The summed E-state index contributed by atoms with van der Waals surface area (Å²) in [6, 6.07) is 12.3. The summed E-state index contributed by atoms with van der Waals surface area (Å²) in [5.41, 5.74) is 4.58. The first-order valence-electron chi connectivity index (χ1n) is 32.3. The Hall–Kier alpha value is -9.04. The highest BCUT2D eigenvalue weighted by Gasteiger charge is 2.40. The van der Waals surface area contributed by atoms with Crippen molar-refractivity contribution in [3.63, 3.8) is 0 Å². The number of alkyl halides is 3. The van der Waals surface area contributed by atoms with Gasteiger partial charge in [-0.15, -0.1) is 11.3 Å². The standard InChI is InChI=1S/C65H74F5N15O10S2/c1-3-30-97(93,94)79-47-8-4-7-44(57(47)67)58-59(48-12-21-72-64(71)76-48)96-61(77-58)39-17-26-82(27-18-39)63(92)41-19-28-83(29-20-41)62(91)40-15-22-80(23-16-40)36-38-13-24-81(25-14-38)53(88)10-11-54(89)85-50-32-45(46(66)31-42(50)33-75-85)43-6-5-9-49-56(43)60(65(68,69)70)78-84(49)37-52(87)73-34-51(86)74-35-55(90)95-2/h4-9,12,21,31-33,38-41,79H,3,10-11,13-20,22-30,34-37H2,1-2H3,(H,73,87)(H,74,86)(H2,71,72,76). The fraction of sp³-hybridized carbons (Fsp3) is 0.477. The second-order valence-corrected chi connectivity index (χ2v) is 27.8. The van der Waals surface area contributed by atoms with Crippen LogP contribution in [0.4, 0.5) is 33.6 Å². The van der Waals surface area contributed by atoms with Crippen molar-refractivity contribution in [1.29, 1.82) is 0 Å². The van der Waals surface area contributed by atoms with Gasteiger partial charge in [-0.1, -0.05) is 25.1 Å². The van der Waals surface area contributed by atoms with Gasteiger partial charge in [-0.05, 0) is 119 Å². The Morgan fingerprint density at radius 2 is 1.37 bits per heavy atom. The number of nitrogens with zero attached hydrogens (tertiary/aromatic N) is 11. The number of nitrogen functional groups attached to an aromatic ring is 1. The lowest BCUT2D eigenvalue weighted by Crippen LogP contribution is -2.49. The molecule has 4 aliphatic heterocycles. The number of carbonyl (C=O) groups is 7. The van der Waals surface area contributed by atoms with Crippen molar-refractivity contribution in [1.82, 2.24) is 64.7 Å². The lowest BCUT2D eigenvalue weighted by Gasteiger charge is -2.40. The number of amides is 5. The summed E-state index contributed by atoms with van der Waals surface area (Å²) >= 11 is 1.36. The van der Waals surface area contributed by atoms with Gasteiger partial charge in [-0.2, -0.15) is 23.4 Å². The zero-order valence-electron chi connectivity index (χ0n) is 53.4. The van der Waals surface area contributed by atoms with Gasteiger partial charge in [0.05, 0.1) is 63.6 Å². The van der Waals surface area contributed by atoms with Crippen LogP contribution in [0.15, 0.2) is 67.0 Å². The van der Waals surface area contributed by atoms with Crippen molar-refractivity contribution in [2.24, 2.45) is 17.8 Å². The molecule has 0 atom stereocenters. The Labute approximate surface area is 558 Å². The monoisotopic (exact) mass is 1380 g/mol. The van der Waals surface area contributed by atoms with Gasteiger partial charge >= 0.3 is 12.1 Å². The van der Waals surface area contributed by atoms with E-state index < -0.39 is 82.2 Å². The number of likely N-dealkylation sites (tertiary alicyclic amines) is 4. The lowest BCUT2D eigenvalue weighted by molar-refractivity contribution is -0.144. The third kappa shape index (κ3) is 16.0. The number of fused-ring (bicyclic) bond motifs is 2. The molecule has 32 heteroatoms. The normalized spacial score (nSPS) is 16.6. The number of anilines is 2. The number of methoxy groups -OCH3 is 1. The Morgan fingerprint density at radius 1 is 0.732 bits per heavy atom. The quantitative estimate of drug-likeness (QED) is 0.0412. The molecule has 0 radical (unpaired) electrons. The van der Waals surface area contributed by atoms with E-state index in [1.807, 2.05) is 9.80 Å². The maximum atomic E-state index is 16.2. The molecule has 0 spiro atoms. The Balaban J connectivity index is 0.616. The molecule has 5 N–H and O–H groups in total. The van der Waals surface area contributed by atoms with E-state index in [1.54, 1.807) is 30.0 Å². The highest BCUT2D eigenvalue weighted by molar-refractivity contribution is 7.92. The molecular formula is C65H74F5N15O10S2. The first kappa shape index (κ1) is 69.3. The summed E-state index contributed by atoms with van der Waals surface area (Å²) in [4.78, 5) is 113. The third-order valence-electron chi connectivity index (χ3n) is 18.5. The number of hydrogen-bond acceptors (Lipinski definition) is 18. The van der Waals surface area contributed by atoms with Crippen LogP contribution in [0.3, 0.4) is 0 Å². The van der Waals surface area contributed by atoms with Gasteiger partial charge in [0.25, 0.3) is 0 Å². The fourth-order valence-corrected chi connectivity index (χ4v) is 15.7. The second-order valence-electron chi connectivity index (χ2n) is 24.9. The number of nitrogens with one attached hydrogen (secondary N) is 3. The summed E-state index contributed by atoms with van der Waals surface area (Å²) in [5.74, 6) is -4.90. The minimum Gasteiger partial charge on any atom is -0.468 e. The first-order chi connectivity index (χ1) is 46.4. The Bertz CT molecular complexity index is 4250. The molecular weight excluding hydrogens is 1310 g/mol. The number of rotatable bonds is 21. The van der Waals surface area contributed by atoms with Crippen LogP contribution >= 0.6 is 11.3 Å².